The van der Waals surface area contributed by atoms with Crippen molar-refractivity contribution in [3.63, 3.8) is 0 Å². The monoisotopic (exact) mass is 406 g/mol. The van der Waals surface area contributed by atoms with E-state index in [1.807, 2.05) is 0 Å². The molecule has 0 spiro atoms. The number of esters is 1. The van der Waals surface area contributed by atoms with Crippen LogP contribution in [-0.2, 0) is 14.3 Å². The van der Waals surface area contributed by atoms with Gasteiger partial charge in [-0.25, -0.2) is 4.79 Å². The lowest BCUT2D eigenvalue weighted by Crippen LogP contribution is -2.30. The molecular formula is C19H19ClN2O6. The Morgan fingerprint density at radius 2 is 1.54 bits per heavy atom. The van der Waals surface area contributed by atoms with Crippen molar-refractivity contribution in [3.05, 3.63) is 47.0 Å². The fourth-order valence-corrected chi connectivity index (χ4v) is 2.53. The van der Waals surface area contributed by atoms with E-state index in [2.05, 4.69) is 10.6 Å². The van der Waals surface area contributed by atoms with Crippen LogP contribution in [0, 0.1) is 0 Å². The topological polar surface area (TPSA) is 103 Å². The van der Waals surface area contributed by atoms with Gasteiger partial charge in [0.2, 0.25) is 0 Å². The number of rotatable bonds is 6. The molecule has 2 N–H and O–H groups in total. The van der Waals surface area contributed by atoms with Crippen LogP contribution in [-0.4, -0.2) is 38.6 Å². The number of ether oxygens (including phenoxy) is 3. The Bertz CT molecular complexity index is 900. The van der Waals surface area contributed by atoms with Gasteiger partial charge in [-0.1, -0.05) is 23.7 Å². The van der Waals surface area contributed by atoms with Crippen LogP contribution in [0.4, 0.5) is 11.4 Å². The lowest BCUT2D eigenvalue weighted by molar-refractivity contribution is -0.133. The molecule has 0 aromatic heterocycles. The first-order valence-corrected chi connectivity index (χ1v) is 8.59. The molecule has 8 nitrogen and oxygen atoms in total. The van der Waals surface area contributed by atoms with Crippen molar-refractivity contribution >= 4 is 40.8 Å². The maximum Gasteiger partial charge on any atom is 0.340 e. The fraction of sp³-hybridized carbons (Fsp3) is 0.211. The third kappa shape index (κ3) is 4.92. The number of benzene rings is 2. The van der Waals surface area contributed by atoms with E-state index in [1.54, 1.807) is 19.1 Å². The van der Waals surface area contributed by atoms with Gasteiger partial charge in [-0.2, -0.15) is 0 Å². The van der Waals surface area contributed by atoms with Crippen LogP contribution in [0.2, 0.25) is 5.02 Å². The number of carbonyl (C=O) groups excluding carboxylic acids is 3. The Kier molecular flexibility index (Phi) is 7.22. The highest BCUT2D eigenvalue weighted by atomic mass is 35.5. The molecule has 0 atom stereocenters. The second-order valence-electron chi connectivity index (χ2n) is 5.36. The first-order valence-electron chi connectivity index (χ1n) is 8.21. The highest BCUT2D eigenvalue weighted by molar-refractivity contribution is 6.44. The number of hydrogen-bond acceptors (Lipinski definition) is 6. The molecule has 2 aromatic carbocycles. The summed E-state index contributed by atoms with van der Waals surface area (Å²) in [4.78, 5) is 36.6. The summed E-state index contributed by atoms with van der Waals surface area (Å²) in [5.41, 5.74) is 0.487. The van der Waals surface area contributed by atoms with Gasteiger partial charge in [-0.15, -0.1) is 0 Å². The van der Waals surface area contributed by atoms with Crippen molar-refractivity contribution < 1.29 is 28.6 Å². The molecular weight excluding hydrogens is 388 g/mol. The smallest absolute Gasteiger partial charge is 0.340 e. The van der Waals surface area contributed by atoms with Crippen molar-refractivity contribution in [2.45, 2.75) is 6.92 Å². The van der Waals surface area contributed by atoms with Crippen LogP contribution in [0.5, 0.6) is 11.5 Å². The maximum absolute atomic E-state index is 12.3. The van der Waals surface area contributed by atoms with Crippen molar-refractivity contribution in [1.29, 1.82) is 0 Å². The number of anilines is 2. The predicted octanol–water partition coefficient (Wildman–Crippen LogP) is 3.11. The largest absolute Gasteiger partial charge is 0.495 e. The van der Waals surface area contributed by atoms with Gasteiger partial charge in [0.05, 0.1) is 42.8 Å². The minimum atomic E-state index is -0.979. The summed E-state index contributed by atoms with van der Waals surface area (Å²) in [6.45, 7) is 1.85. The Morgan fingerprint density at radius 3 is 2.14 bits per heavy atom. The summed E-state index contributed by atoms with van der Waals surface area (Å²) >= 11 is 6.02. The standard InChI is InChI=1S/C19H19ClN2O6/c1-4-28-19(25)11-7-5-6-8-13(11)21-17(23)18(24)22-14-10-15(26-2)12(20)9-16(14)27-3/h5-10H,4H2,1-3H3,(H,21,23)(H,22,24). The molecule has 2 aromatic rings. The van der Waals surface area contributed by atoms with E-state index >= 15 is 0 Å². The third-order valence-corrected chi connectivity index (χ3v) is 3.89. The zero-order chi connectivity index (χ0) is 20.7. The molecule has 0 unspecified atom stereocenters. The number of amides is 2. The Morgan fingerprint density at radius 1 is 0.929 bits per heavy atom. The van der Waals surface area contributed by atoms with Crippen LogP contribution in [0.3, 0.4) is 0 Å². The average molecular weight is 407 g/mol. The summed E-state index contributed by atoms with van der Waals surface area (Å²) in [6.07, 6.45) is 0. The maximum atomic E-state index is 12.3. The number of carbonyl (C=O) groups is 3. The van der Waals surface area contributed by atoms with Gasteiger partial charge in [-0.3, -0.25) is 9.59 Å². The van der Waals surface area contributed by atoms with E-state index in [-0.39, 0.29) is 34.3 Å². The van der Waals surface area contributed by atoms with Gasteiger partial charge in [0.25, 0.3) is 0 Å². The molecule has 9 heteroatoms. The van der Waals surface area contributed by atoms with Crippen LogP contribution in [0.1, 0.15) is 17.3 Å². The van der Waals surface area contributed by atoms with Crippen LogP contribution in [0.15, 0.2) is 36.4 Å². The Hall–Kier alpha value is -3.26. The van der Waals surface area contributed by atoms with Crippen LogP contribution < -0.4 is 20.1 Å². The van der Waals surface area contributed by atoms with E-state index in [0.29, 0.717) is 5.75 Å². The molecule has 0 fully saturated rings. The van der Waals surface area contributed by atoms with E-state index < -0.39 is 17.8 Å². The molecule has 0 saturated carbocycles. The summed E-state index contributed by atoms with van der Waals surface area (Å²) in [5, 5.41) is 5.11. The van der Waals surface area contributed by atoms with Gasteiger partial charge in [0.1, 0.15) is 11.5 Å². The van der Waals surface area contributed by atoms with Crippen LogP contribution >= 0.6 is 11.6 Å². The SMILES string of the molecule is CCOC(=O)c1ccccc1NC(=O)C(=O)Nc1cc(OC)c(Cl)cc1OC. The lowest BCUT2D eigenvalue weighted by Gasteiger charge is -2.13. The molecule has 0 aliphatic rings. The summed E-state index contributed by atoms with van der Waals surface area (Å²) < 4.78 is 15.2. The van der Waals surface area contributed by atoms with E-state index in [9.17, 15) is 14.4 Å². The van der Waals surface area contributed by atoms with E-state index in [1.165, 1.54) is 38.5 Å². The van der Waals surface area contributed by atoms with E-state index in [0.717, 1.165) is 0 Å². The first kappa shape index (κ1) is 21.0. The van der Waals surface area contributed by atoms with Gasteiger partial charge in [0.15, 0.2) is 0 Å². The molecule has 0 aliphatic carbocycles. The Labute approximate surface area is 166 Å². The van der Waals surface area contributed by atoms with E-state index in [4.69, 9.17) is 25.8 Å². The van der Waals surface area contributed by atoms with Gasteiger partial charge in [0, 0.05) is 12.1 Å². The molecule has 0 heterocycles. The normalized spacial score (nSPS) is 10.0. The number of halogens is 1. The number of methoxy groups -OCH3 is 2. The second-order valence-corrected chi connectivity index (χ2v) is 5.77. The van der Waals surface area contributed by atoms with Crippen molar-refractivity contribution in [1.82, 2.24) is 0 Å². The van der Waals surface area contributed by atoms with Gasteiger partial charge >= 0.3 is 17.8 Å². The second kappa shape index (κ2) is 9.61. The van der Waals surface area contributed by atoms with Crippen molar-refractivity contribution in [2.75, 3.05) is 31.5 Å². The first-order chi connectivity index (χ1) is 13.4. The molecule has 28 heavy (non-hydrogen) atoms. The molecule has 0 radical (unpaired) electrons. The van der Waals surface area contributed by atoms with Crippen molar-refractivity contribution in [2.24, 2.45) is 0 Å². The highest BCUT2D eigenvalue weighted by Gasteiger charge is 2.20. The average Bonchev–Trinajstić information content (AvgIpc) is 2.69. The number of para-hydroxylation sites is 1. The highest BCUT2D eigenvalue weighted by Crippen LogP contribution is 2.35. The molecule has 0 bridgehead atoms. The van der Waals surface area contributed by atoms with Crippen LogP contribution in [0.25, 0.3) is 0 Å². The molecule has 0 aliphatic heterocycles. The zero-order valence-corrected chi connectivity index (χ0v) is 16.3. The third-order valence-electron chi connectivity index (χ3n) is 3.60. The molecule has 2 amide bonds. The van der Waals surface area contributed by atoms with Gasteiger partial charge < -0.3 is 24.8 Å². The Balaban J connectivity index is 2.19. The predicted molar refractivity (Wildman–Crippen MR) is 104 cm³/mol. The van der Waals surface area contributed by atoms with Crippen molar-refractivity contribution in [3.8, 4) is 11.5 Å². The quantitative estimate of drug-likeness (QED) is 0.564. The minimum absolute atomic E-state index is 0.135. The minimum Gasteiger partial charge on any atom is -0.495 e. The number of hydrogen-bond donors (Lipinski definition) is 2. The molecule has 148 valence electrons. The number of nitrogens with one attached hydrogen (secondary N) is 2. The summed E-state index contributed by atoms with van der Waals surface area (Å²) in [7, 11) is 2.81. The van der Waals surface area contributed by atoms with Gasteiger partial charge in [-0.05, 0) is 19.1 Å². The summed E-state index contributed by atoms with van der Waals surface area (Å²) in [5.74, 6) is -2.01. The fourth-order valence-electron chi connectivity index (χ4n) is 2.30. The molecule has 0 saturated heterocycles. The lowest BCUT2D eigenvalue weighted by atomic mass is 10.2. The zero-order valence-electron chi connectivity index (χ0n) is 15.5. The summed E-state index contributed by atoms with van der Waals surface area (Å²) in [6, 6.07) is 9.08. The molecule has 2 rings (SSSR count).